The molecule has 3 heteroatoms. The average molecular weight is 213 g/mol. The second-order valence-corrected chi connectivity index (χ2v) is 3.69. The molecule has 1 rings (SSSR count). The first-order chi connectivity index (χ1) is 6.70. The van der Waals surface area contributed by atoms with Gasteiger partial charge in [-0.2, -0.15) is 0 Å². The quantitative estimate of drug-likeness (QED) is 0.825. The molecule has 1 aromatic rings. The van der Waals surface area contributed by atoms with E-state index in [0.29, 0.717) is 0 Å². The molecule has 1 aromatic carbocycles. The predicted molar refractivity (Wildman–Crippen MR) is 63.2 cm³/mol. The van der Waals surface area contributed by atoms with Crippen molar-refractivity contribution < 1.29 is 0 Å². The number of benzene rings is 1. The molecule has 0 amide bonds. The van der Waals surface area contributed by atoms with Gasteiger partial charge in [0.05, 0.1) is 0 Å². The minimum Gasteiger partial charge on any atom is -0.375 e. The van der Waals surface area contributed by atoms with E-state index in [2.05, 4.69) is 30.3 Å². The van der Waals surface area contributed by atoms with Gasteiger partial charge in [0.1, 0.15) is 0 Å². The van der Waals surface area contributed by atoms with Crippen LogP contribution in [-0.4, -0.2) is 20.6 Å². The standard InChI is InChI=1S/C11H17ClN2/c1-4-14(3)11-7-5-6-10(12)9(11)8-13-2/h5-7,13H,4,8H2,1-3H3. The van der Waals surface area contributed by atoms with Gasteiger partial charge in [0.15, 0.2) is 0 Å². The molecule has 78 valence electrons. The Labute approximate surface area is 90.9 Å². The van der Waals surface area contributed by atoms with Gasteiger partial charge >= 0.3 is 0 Å². The Kier molecular flexibility index (Phi) is 4.23. The zero-order valence-corrected chi connectivity index (χ0v) is 9.73. The lowest BCUT2D eigenvalue weighted by atomic mass is 10.1. The number of rotatable bonds is 4. The van der Waals surface area contributed by atoms with Crippen LogP contribution in [0.25, 0.3) is 0 Å². The number of hydrogen-bond donors (Lipinski definition) is 1. The highest BCUT2D eigenvalue weighted by molar-refractivity contribution is 6.31. The summed E-state index contributed by atoms with van der Waals surface area (Å²) in [7, 11) is 4.00. The monoisotopic (exact) mass is 212 g/mol. The molecule has 14 heavy (non-hydrogen) atoms. The van der Waals surface area contributed by atoms with Gasteiger partial charge in [0.2, 0.25) is 0 Å². The van der Waals surface area contributed by atoms with Gasteiger partial charge in [-0.05, 0) is 26.1 Å². The molecule has 0 aromatic heterocycles. The molecule has 0 aliphatic rings. The van der Waals surface area contributed by atoms with Gasteiger partial charge in [0.25, 0.3) is 0 Å². The number of anilines is 1. The minimum absolute atomic E-state index is 0.805. The smallest absolute Gasteiger partial charge is 0.0471 e. The summed E-state index contributed by atoms with van der Waals surface area (Å²) in [5, 5.41) is 3.96. The Morgan fingerprint density at radius 2 is 2.14 bits per heavy atom. The van der Waals surface area contributed by atoms with Gasteiger partial charge in [-0.25, -0.2) is 0 Å². The SMILES string of the molecule is CCN(C)c1cccc(Cl)c1CNC. The number of hydrogen-bond acceptors (Lipinski definition) is 2. The van der Waals surface area contributed by atoms with Crippen molar-refractivity contribution in [3.63, 3.8) is 0 Å². The van der Waals surface area contributed by atoms with E-state index in [-0.39, 0.29) is 0 Å². The first-order valence-corrected chi connectivity index (χ1v) is 5.21. The van der Waals surface area contributed by atoms with Crippen molar-refractivity contribution in [3.8, 4) is 0 Å². The van der Waals surface area contributed by atoms with Crippen LogP contribution in [0.2, 0.25) is 5.02 Å². The fraction of sp³-hybridized carbons (Fsp3) is 0.455. The Morgan fingerprint density at radius 1 is 1.43 bits per heavy atom. The second kappa shape index (κ2) is 5.23. The highest BCUT2D eigenvalue weighted by Gasteiger charge is 2.08. The molecule has 0 radical (unpaired) electrons. The van der Waals surface area contributed by atoms with E-state index in [1.807, 2.05) is 19.2 Å². The maximum atomic E-state index is 6.14. The molecule has 0 heterocycles. The molecular weight excluding hydrogens is 196 g/mol. The first kappa shape index (κ1) is 11.3. The van der Waals surface area contributed by atoms with Crippen molar-refractivity contribution in [2.75, 3.05) is 25.5 Å². The van der Waals surface area contributed by atoms with Crippen LogP contribution >= 0.6 is 11.6 Å². The van der Waals surface area contributed by atoms with Gasteiger partial charge in [-0.3, -0.25) is 0 Å². The van der Waals surface area contributed by atoms with E-state index in [9.17, 15) is 0 Å². The van der Waals surface area contributed by atoms with Crippen molar-refractivity contribution in [3.05, 3.63) is 28.8 Å². The van der Waals surface area contributed by atoms with Crippen molar-refractivity contribution in [1.29, 1.82) is 0 Å². The summed E-state index contributed by atoms with van der Waals surface area (Å²) in [4.78, 5) is 2.19. The lowest BCUT2D eigenvalue weighted by Crippen LogP contribution is -2.19. The van der Waals surface area contributed by atoms with Gasteiger partial charge in [-0.15, -0.1) is 0 Å². The molecule has 1 N–H and O–H groups in total. The topological polar surface area (TPSA) is 15.3 Å². The van der Waals surface area contributed by atoms with E-state index < -0.39 is 0 Å². The summed E-state index contributed by atoms with van der Waals surface area (Å²) < 4.78 is 0. The highest BCUT2D eigenvalue weighted by atomic mass is 35.5. The normalized spacial score (nSPS) is 10.3. The fourth-order valence-corrected chi connectivity index (χ4v) is 1.66. The Morgan fingerprint density at radius 3 is 2.71 bits per heavy atom. The van der Waals surface area contributed by atoms with Crippen LogP contribution < -0.4 is 10.2 Å². The Bertz CT molecular complexity index is 299. The number of nitrogens with one attached hydrogen (secondary N) is 1. The highest BCUT2D eigenvalue weighted by Crippen LogP contribution is 2.26. The van der Waals surface area contributed by atoms with Crippen LogP contribution in [0.3, 0.4) is 0 Å². The third-order valence-electron chi connectivity index (χ3n) is 2.33. The summed E-state index contributed by atoms with van der Waals surface area (Å²) in [6.07, 6.45) is 0. The largest absolute Gasteiger partial charge is 0.375 e. The zero-order chi connectivity index (χ0) is 10.6. The lowest BCUT2D eigenvalue weighted by Gasteiger charge is -2.21. The molecule has 0 saturated heterocycles. The summed E-state index contributed by atoms with van der Waals surface area (Å²) in [5.41, 5.74) is 2.37. The first-order valence-electron chi connectivity index (χ1n) is 4.83. The lowest BCUT2D eigenvalue weighted by molar-refractivity contribution is 0.809. The van der Waals surface area contributed by atoms with E-state index >= 15 is 0 Å². The summed E-state index contributed by atoms with van der Waals surface area (Å²) in [6.45, 7) is 3.92. The van der Waals surface area contributed by atoms with Crippen molar-refractivity contribution >= 4 is 17.3 Å². The van der Waals surface area contributed by atoms with Gasteiger partial charge in [-0.1, -0.05) is 17.7 Å². The maximum Gasteiger partial charge on any atom is 0.0471 e. The average Bonchev–Trinajstić information content (AvgIpc) is 2.20. The molecule has 0 fully saturated rings. The van der Waals surface area contributed by atoms with Crippen molar-refractivity contribution in [1.82, 2.24) is 5.32 Å². The van der Waals surface area contributed by atoms with E-state index in [1.165, 1.54) is 11.3 Å². The Balaban J connectivity index is 3.07. The van der Waals surface area contributed by atoms with Crippen molar-refractivity contribution in [2.45, 2.75) is 13.5 Å². The van der Waals surface area contributed by atoms with Crippen LogP contribution in [0, 0.1) is 0 Å². The predicted octanol–water partition coefficient (Wildman–Crippen LogP) is 2.52. The zero-order valence-electron chi connectivity index (χ0n) is 8.97. The van der Waals surface area contributed by atoms with Crippen LogP contribution in [0.15, 0.2) is 18.2 Å². The fourth-order valence-electron chi connectivity index (χ4n) is 1.43. The molecular formula is C11H17ClN2. The summed E-state index contributed by atoms with van der Waals surface area (Å²) >= 11 is 6.14. The molecule has 0 bridgehead atoms. The maximum absolute atomic E-state index is 6.14. The molecule has 0 unspecified atom stereocenters. The van der Waals surface area contributed by atoms with Crippen LogP contribution in [0.1, 0.15) is 12.5 Å². The van der Waals surface area contributed by atoms with E-state index in [4.69, 9.17) is 11.6 Å². The molecule has 0 atom stereocenters. The van der Waals surface area contributed by atoms with Crippen LogP contribution in [0.5, 0.6) is 0 Å². The summed E-state index contributed by atoms with van der Waals surface area (Å²) in [5.74, 6) is 0. The van der Waals surface area contributed by atoms with Crippen LogP contribution in [0.4, 0.5) is 5.69 Å². The molecule has 0 aliphatic heterocycles. The van der Waals surface area contributed by atoms with E-state index in [1.54, 1.807) is 0 Å². The van der Waals surface area contributed by atoms with Crippen molar-refractivity contribution in [2.24, 2.45) is 0 Å². The van der Waals surface area contributed by atoms with Gasteiger partial charge < -0.3 is 10.2 Å². The number of nitrogens with zero attached hydrogens (tertiary/aromatic N) is 1. The third-order valence-corrected chi connectivity index (χ3v) is 2.69. The molecule has 2 nitrogen and oxygen atoms in total. The molecule has 0 saturated carbocycles. The Hall–Kier alpha value is -0.730. The summed E-state index contributed by atoms with van der Waals surface area (Å²) in [6, 6.07) is 6.02. The van der Waals surface area contributed by atoms with E-state index in [0.717, 1.165) is 18.1 Å². The third kappa shape index (κ3) is 2.40. The molecule has 0 spiro atoms. The minimum atomic E-state index is 0.805. The van der Waals surface area contributed by atoms with Gasteiger partial charge in [0, 0.05) is 36.4 Å². The molecule has 0 aliphatic carbocycles. The number of halogens is 1. The second-order valence-electron chi connectivity index (χ2n) is 3.28. The van der Waals surface area contributed by atoms with Crippen LogP contribution in [-0.2, 0) is 6.54 Å².